The van der Waals surface area contributed by atoms with Crippen molar-refractivity contribution < 1.29 is 0 Å². The molecule has 0 spiro atoms. The highest BCUT2D eigenvalue weighted by Gasteiger charge is 2.15. The molecule has 0 atom stereocenters. The number of aromatic amines is 1. The second-order valence-corrected chi connectivity index (χ2v) is 6.62. The summed E-state index contributed by atoms with van der Waals surface area (Å²) in [4.78, 5) is 11.7. The van der Waals surface area contributed by atoms with Gasteiger partial charge in [-0.15, -0.1) is 0 Å². The van der Waals surface area contributed by atoms with Crippen LogP contribution >= 0.6 is 0 Å². The van der Waals surface area contributed by atoms with Crippen LogP contribution in [0.25, 0.3) is 33.3 Å². The first kappa shape index (κ1) is 16.5. The van der Waals surface area contributed by atoms with Crippen molar-refractivity contribution in [2.75, 3.05) is 32.5 Å². The third-order valence-corrected chi connectivity index (χ3v) is 4.39. The van der Waals surface area contributed by atoms with Crippen LogP contribution in [0.4, 0.5) is 5.82 Å². The number of aromatic nitrogens is 6. The highest BCUT2D eigenvalue weighted by molar-refractivity contribution is 5.95. The molecule has 0 unspecified atom stereocenters. The van der Waals surface area contributed by atoms with Crippen LogP contribution in [0, 0.1) is 0 Å². The zero-order chi connectivity index (χ0) is 18.1. The largest absolute Gasteiger partial charge is 0.369 e. The summed E-state index contributed by atoms with van der Waals surface area (Å²) >= 11 is 0. The Morgan fingerprint density at radius 3 is 2.88 bits per heavy atom. The first-order valence-electron chi connectivity index (χ1n) is 8.64. The topological polar surface area (TPSA) is 87.6 Å². The van der Waals surface area contributed by atoms with Crippen LogP contribution in [-0.4, -0.2) is 62.0 Å². The van der Waals surface area contributed by atoms with E-state index in [4.69, 9.17) is 9.97 Å². The number of benzene rings is 1. The van der Waals surface area contributed by atoms with Crippen molar-refractivity contribution in [1.29, 1.82) is 0 Å². The lowest BCUT2D eigenvalue weighted by Crippen LogP contribution is -2.16. The first-order chi connectivity index (χ1) is 12.6. The van der Waals surface area contributed by atoms with Crippen molar-refractivity contribution in [1.82, 2.24) is 34.8 Å². The number of H-pyrrole nitrogens is 1. The van der Waals surface area contributed by atoms with Crippen molar-refractivity contribution in [3.63, 3.8) is 0 Å². The molecular weight excluding hydrogens is 328 g/mol. The Morgan fingerprint density at radius 1 is 1.15 bits per heavy atom. The normalized spacial score (nSPS) is 11.7. The summed E-state index contributed by atoms with van der Waals surface area (Å²) in [6.07, 6.45) is 4.66. The third-order valence-electron chi connectivity index (χ3n) is 4.39. The molecular formula is C18H22N8. The van der Waals surface area contributed by atoms with Gasteiger partial charge in [-0.05, 0) is 33.1 Å². The number of nitrogens with zero attached hydrogens (tertiary/aromatic N) is 6. The maximum Gasteiger partial charge on any atom is 0.164 e. The van der Waals surface area contributed by atoms with E-state index in [1.165, 1.54) is 0 Å². The number of fused-ring (bicyclic) bond motifs is 2. The minimum Gasteiger partial charge on any atom is -0.369 e. The second kappa shape index (κ2) is 6.72. The lowest BCUT2D eigenvalue weighted by molar-refractivity contribution is 0.405. The zero-order valence-corrected chi connectivity index (χ0v) is 15.2. The van der Waals surface area contributed by atoms with Crippen molar-refractivity contribution in [3.8, 4) is 11.4 Å². The molecule has 0 aliphatic heterocycles. The van der Waals surface area contributed by atoms with Gasteiger partial charge in [0.15, 0.2) is 11.5 Å². The minimum absolute atomic E-state index is 0.670. The predicted octanol–water partition coefficient (Wildman–Crippen LogP) is 2.27. The lowest BCUT2D eigenvalue weighted by Gasteiger charge is -2.12. The van der Waals surface area contributed by atoms with E-state index in [9.17, 15) is 0 Å². The Kier molecular flexibility index (Phi) is 4.26. The average Bonchev–Trinajstić information content (AvgIpc) is 3.25. The number of nitrogens with one attached hydrogen (secondary N) is 2. The van der Waals surface area contributed by atoms with Gasteiger partial charge < -0.3 is 10.2 Å². The Balaban J connectivity index is 1.76. The van der Waals surface area contributed by atoms with Gasteiger partial charge >= 0.3 is 0 Å². The summed E-state index contributed by atoms with van der Waals surface area (Å²) in [6.45, 7) is 1.87. The van der Waals surface area contributed by atoms with Crippen LogP contribution < -0.4 is 5.32 Å². The molecule has 3 heterocycles. The van der Waals surface area contributed by atoms with Crippen LogP contribution in [-0.2, 0) is 7.05 Å². The summed E-state index contributed by atoms with van der Waals surface area (Å²) in [5.74, 6) is 1.49. The quantitative estimate of drug-likeness (QED) is 0.519. The molecule has 3 aromatic heterocycles. The van der Waals surface area contributed by atoms with E-state index in [0.717, 1.165) is 52.8 Å². The molecule has 0 saturated carbocycles. The number of aryl methyl sites for hydroxylation is 1. The van der Waals surface area contributed by atoms with Gasteiger partial charge in [-0.1, -0.05) is 12.1 Å². The number of rotatable bonds is 6. The van der Waals surface area contributed by atoms with Crippen LogP contribution in [0.5, 0.6) is 0 Å². The van der Waals surface area contributed by atoms with Crippen LogP contribution in [0.1, 0.15) is 6.42 Å². The highest BCUT2D eigenvalue weighted by Crippen LogP contribution is 2.28. The molecule has 0 aliphatic carbocycles. The maximum atomic E-state index is 4.80. The van der Waals surface area contributed by atoms with Gasteiger partial charge in [0.05, 0.1) is 23.3 Å². The van der Waals surface area contributed by atoms with Gasteiger partial charge in [0.25, 0.3) is 0 Å². The monoisotopic (exact) mass is 350 g/mol. The van der Waals surface area contributed by atoms with Gasteiger partial charge in [0.2, 0.25) is 0 Å². The first-order valence-corrected chi connectivity index (χ1v) is 8.64. The van der Waals surface area contributed by atoms with E-state index >= 15 is 0 Å². The van der Waals surface area contributed by atoms with Gasteiger partial charge in [0.1, 0.15) is 5.82 Å². The van der Waals surface area contributed by atoms with Gasteiger partial charge in [-0.2, -0.15) is 10.2 Å². The fourth-order valence-corrected chi connectivity index (χ4v) is 3.04. The Morgan fingerprint density at radius 2 is 2.04 bits per heavy atom. The number of hydrogen-bond donors (Lipinski definition) is 2. The number of anilines is 1. The van der Waals surface area contributed by atoms with Crippen molar-refractivity contribution in [3.05, 3.63) is 30.6 Å². The van der Waals surface area contributed by atoms with Crippen molar-refractivity contribution in [2.45, 2.75) is 6.42 Å². The lowest BCUT2D eigenvalue weighted by atomic mass is 10.1. The SMILES string of the molecule is CN(C)CCCNc1nc(-c2cccc3[nH]ncc23)nc2c1cnn2C. The molecule has 0 radical (unpaired) electrons. The molecule has 1 aromatic carbocycles. The fraction of sp³-hybridized carbons (Fsp3) is 0.333. The van der Waals surface area contributed by atoms with E-state index in [-0.39, 0.29) is 0 Å². The van der Waals surface area contributed by atoms with Crippen molar-refractivity contribution >= 4 is 27.8 Å². The van der Waals surface area contributed by atoms with E-state index in [2.05, 4.69) is 39.6 Å². The summed E-state index contributed by atoms with van der Waals surface area (Å²) in [5.41, 5.74) is 2.73. The molecule has 0 fully saturated rings. The molecule has 8 nitrogen and oxygen atoms in total. The van der Waals surface area contributed by atoms with Crippen LogP contribution in [0.3, 0.4) is 0 Å². The molecule has 2 N–H and O–H groups in total. The fourth-order valence-electron chi connectivity index (χ4n) is 3.04. The Bertz CT molecular complexity index is 1050. The maximum absolute atomic E-state index is 4.80. The highest BCUT2D eigenvalue weighted by atomic mass is 15.3. The summed E-state index contributed by atoms with van der Waals surface area (Å²) < 4.78 is 1.78. The molecule has 26 heavy (non-hydrogen) atoms. The van der Waals surface area contributed by atoms with E-state index < -0.39 is 0 Å². The second-order valence-electron chi connectivity index (χ2n) is 6.62. The summed E-state index contributed by atoms with van der Waals surface area (Å²) in [5, 5.41) is 16.9. The molecule has 4 rings (SSSR count). The molecule has 0 aliphatic rings. The standard InChI is InChI=1S/C18H22N8/c1-25(2)9-5-8-19-16-14-11-21-26(3)18(14)23-17(22-16)12-6-4-7-15-13(12)10-20-24-15/h4,6-7,10-11H,5,8-9H2,1-3H3,(H,20,24)(H,19,22,23). The predicted molar refractivity (Wildman–Crippen MR) is 103 cm³/mol. The van der Waals surface area contributed by atoms with Gasteiger partial charge in [-0.3, -0.25) is 9.78 Å². The molecule has 0 saturated heterocycles. The number of hydrogen-bond acceptors (Lipinski definition) is 6. The van der Waals surface area contributed by atoms with Crippen LogP contribution in [0.2, 0.25) is 0 Å². The van der Waals surface area contributed by atoms with E-state index in [0.29, 0.717) is 5.82 Å². The van der Waals surface area contributed by atoms with Crippen LogP contribution in [0.15, 0.2) is 30.6 Å². The molecule has 4 aromatic rings. The molecule has 8 heteroatoms. The molecule has 0 bridgehead atoms. The average molecular weight is 350 g/mol. The van der Waals surface area contributed by atoms with Gasteiger partial charge in [-0.25, -0.2) is 9.97 Å². The van der Waals surface area contributed by atoms with E-state index in [1.807, 2.05) is 37.6 Å². The molecule has 0 amide bonds. The zero-order valence-electron chi connectivity index (χ0n) is 15.2. The van der Waals surface area contributed by atoms with Crippen molar-refractivity contribution in [2.24, 2.45) is 7.05 Å². The minimum atomic E-state index is 0.670. The smallest absolute Gasteiger partial charge is 0.164 e. The Labute approximate surface area is 151 Å². The summed E-state index contributed by atoms with van der Waals surface area (Å²) in [7, 11) is 6.05. The van der Waals surface area contributed by atoms with E-state index in [1.54, 1.807) is 4.68 Å². The summed E-state index contributed by atoms with van der Waals surface area (Å²) in [6, 6.07) is 6.00. The Hall–Kier alpha value is -3.00. The van der Waals surface area contributed by atoms with Gasteiger partial charge in [0, 0.05) is 24.5 Å². The molecule has 134 valence electrons. The third kappa shape index (κ3) is 2.99.